The molecule has 1 aromatic carbocycles. The highest BCUT2D eigenvalue weighted by atomic mass is 16.5. The summed E-state index contributed by atoms with van der Waals surface area (Å²) in [5.41, 5.74) is 6.34. The number of carbonyl (C=O) groups is 1. The fourth-order valence-electron chi connectivity index (χ4n) is 1.37. The molecule has 0 saturated heterocycles. The maximum Gasteiger partial charge on any atom is 0.287 e. The first-order valence-electron chi connectivity index (χ1n) is 4.62. The van der Waals surface area contributed by atoms with Gasteiger partial charge >= 0.3 is 0 Å². The van der Waals surface area contributed by atoms with Gasteiger partial charge in [0.2, 0.25) is 5.76 Å². The monoisotopic (exact) mass is 218 g/mol. The predicted octanol–water partition coefficient (Wildman–Crippen LogP) is 1.45. The van der Waals surface area contributed by atoms with E-state index in [2.05, 4.69) is 5.16 Å². The van der Waals surface area contributed by atoms with Crippen molar-refractivity contribution in [2.24, 2.45) is 5.73 Å². The fraction of sp³-hybridized carbons (Fsp3) is 0.0909. The Balaban J connectivity index is 2.46. The van der Waals surface area contributed by atoms with E-state index in [1.54, 1.807) is 13.2 Å². The minimum atomic E-state index is -0.645. The lowest BCUT2D eigenvalue weighted by molar-refractivity contribution is 0.0965. The van der Waals surface area contributed by atoms with Gasteiger partial charge in [-0.25, -0.2) is 0 Å². The number of aromatic nitrogens is 1. The van der Waals surface area contributed by atoms with Crippen molar-refractivity contribution in [2.75, 3.05) is 7.11 Å². The Hall–Kier alpha value is -2.30. The SMILES string of the molecule is COc1ccccc1-c1cc(C(N)=O)on1. The second-order valence-electron chi connectivity index (χ2n) is 3.14. The van der Waals surface area contributed by atoms with Crippen LogP contribution >= 0.6 is 0 Å². The summed E-state index contributed by atoms with van der Waals surface area (Å²) in [7, 11) is 1.56. The van der Waals surface area contributed by atoms with Crippen LogP contribution in [0.4, 0.5) is 0 Å². The molecule has 0 fully saturated rings. The van der Waals surface area contributed by atoms with Crippen LogP contribution in [0.2, 0.25) is 0 Å². The van der Waals surface area contributed by atoms with Crippen LogP contribution in [0, 0.1) is 0 Å². The second-order valence-corrected chi connectivity index (χ2v) is 3.14. The number of hydrogen-bond acceptors (Lipinski definition) is 4. The summed E-state index contributed by atoms with van der Waals surface area (Å²) >= 11 is 0. The Morgan fingerprint density at radius 1 is 1.44 bits per heavy atom. The molecule has 0 unspecified atom stereocenters. The Labute approximate surface area is 91.8 Å². The molecule has 1 amide bonds. The summed E-state index contributed by atoms with van der Waals surface area (Å²) in [6, 6.07) is 8.80. The van der Waals surface area contributed by atoms with Gasteiger partial charge in [0.15, 0.2) is 0 Å². The van der Waals surface area contributed by atoms with Crippen LogP contribution in [0.3, 0.4) is 0 Å². The lowest BCUT2D eigenvalue weighted by Gasteiger charge is -2.03. The molecule has 82 valence electrons. The smallest absolute Gasteiger partial charge is 0.287 e. The zero-order chi connectivity index (χ0) is 11.5. The van der Waals surface area contributed by atoms with Crippen molar-refractivity contribution in [3.05, 3.63) is 36.1 Å². The van der Waals surface area contributed by atoms with Crippen LogP contribution in [0.25, 0.3) is 11.3 Å². The number of rotatable bonds is 3. The fourth-order valence-corrected chi connectivity index (χ4v) is 1.37. The molecular formula is C11H10N2O3. The van der Waals surface area contributed by atoms with E-state index in [0.717, 1.165) is 5.56 Å². The standard InChI is InChI=1S/C11H10N2O3/c1-15-9-5-3-2-4-7(9)8-6-10(11(12)14)16-13-8/h2-6H,1H3,(H2,12,14). The highest BCUT2D eigenvalue weighted by Gasteiger charge is 2.13. The number of benzene rings is 1. The number of carbonyl (C=O) groups excluding carboxylic acids is 1. The molecule has 5 heteroatoms. The first-order valence-corrected chi connectivity index (χ1v) is 4.62. The third kappa shape index (κ3) is 1.75. The lowest BCUT2D eigenvalue weighted by atomic mass is 10.1. The van der Waals surface area contributed by atoms with Gasteiger partial charge in [-0.2, -0.15) is 0 Å². The van der Waals surface area contributed by atoms with Crippen molar-refractivity contribution in [1.29, 1.82) is 0 Å². The maximum absolute atomic E-state index is 10.9. The normalized spacial score (nSPS) is 10.1. The average Bonchev–Trinajstić information content (AvgIpc) is 2.78. The van der Waals surface area contributed by atoms with E-state index in [9.17, 15) is 4.79 Å². The molecule has 2 rings (SSSR count). The van der Waals surface area contributed by atoms with E-state index < -0.39 is 5.91 Å². The van der Waals surface area contributed by atoms with Crippen LogP contribution in [0.1, 0.15) is 10.6 Å². The van der Waals surface area contributed by atoms with Gasteiger partial charge < -0.3 is 15.0 Å². The summed E-state index contributed by atoms with van der Waals surface area (Å²) in [6.45, 7) is 0. The minimum absolute atomic E-state index is 0.0286. The summed E-state index contributed by atoms with van der Waals surface area (Å²) in [5.74, 6) is 0.0429. The Bertz CT molecular complexity index is 519. The van der Waals surface area contributed by atoms with Gasteiger partial charge in [0, 0.05) is 11.6 Å². The van der Waals surface area contributed by atoms with E-state index >= 15 is 0 Å². The van der Waals surface area contributed by atoms with E-state index in [0.29, 0.717) is 11.4 Å². The molecule has 1 aromatic heterocycles. The lowest BCUT2D eigenvalue weighted by Crippen LogP contribution is -2.09. The van der Waals surface area contributed by atoms with Gasteiger partial charge in [0.25, 0.3) is 5.91 Å². The molecule has 0 aliphatic heterocycles. The van der Waals surface area contributed by atoms with Crippen LogP contribution in [-0.2, 0) is 0 Å². The third-order valence-electron chi connectivity index (χ3n) is 2.14. The number of nitrogens with two attached hydrogens (primary N) is 1. The highest BCUT2D eigenvalue weighted by Crippen LogP contribution is 2.28. The molecule has 1 heterocycles. The van der Waals surface area contributed by atoms with Crippen molar-refractivity contribution < 1.29 is 14.1 Å². The largest absolute Gasteiger partial charge is 0.496 e. The molecule has 0 bridgehead atoms. The molecule has 2 N–H and O–H groups in total. The zero-order valence-electron chi connectivity index (χ0n) is 8.64. The molecular weight excluding hydrogens is 208 g/mol. The molecule has 16 heavy (non-hydrogen) atoms. The van der Waals surface area contributed by atoms with Gasteiger partial charge in [-0.15, -0.1) is 0 Å². The van der Waals surface area contributed by atoms with Crippen LogP contribution in [0.15, 0.2) is 34.9 Å². The number of methoxy groups -OCH3 is 1. The topological polar surface area (TPSA) is 78.4 Å². The van der Waals surface area contributed by atoms with Crippen molar-refractivity contribution in [3.63, 3.8) is 0 Å². The number of hydrogen-bond donors (Lipinski definition) is 1. The predicted molar refractivity (Wildman–Crippen MR) is 57.0 cm³/mol. The average molecular weight is 218 g/mol. The molecule has 0 radical (unpaired) electrons. The van der Waals surface area contributed by atoms with Gasteiger partial charge in [0.05, 0.1) is 7.11 Å². The first-order chi connectivity index (χ1) is 7.72. The van der Waals surface area contributed by atoms with Gasteiger partial charge in [-0.1, -0.05) is 17.3 Å². The molecule has 0 aliphatic rings. The van der Waals surface area contributed by atoms with Crippen LogP contribution in [0.5, 0.6) is 5.75 Å². The number of amides is 1. The summed E-state index contributed by atoms with van der Waals surface area (Å²) in [4.78, 5) is 10.9. The maximum atomic E-state index is 10.9. The second kappa shape index (κ2) is 4.06. The Morgan fingerprint density at radius 2 is 2.19 bits per heavy atom. The van der Waals surface area contributed by atoms with Crippen molar-refractivity contribution in [1.82, 2.24) is 5.16 Å². The van der Waals surface area contributed by atoms with E-state index in [1.165, 1.54) is 6.07 Å². The van der Waals surface area contributed by atoms with Crippen molar-refractivity contribution in [3.8, 4) is 17.0 Å². The third-order valence-corrected chi connectivity index (χ3v) is 2.14. The van der Waals surface area contributed by atoms with Crippen molar-refractivity contribution >= 4 is 5.91 Å². The Morgan fingerprint density at radius 3 is 2.81 bits per heavy atom. The van der Waals surface area contributed by atoms with Gasteiger partial charge in [-0.3, -0.25) is 4.79 Å². The summed E-state index contributed by atoms with van der Waals surface area (Å²) < 4.78 is 9.97. The molecule has 0 spiro atoms. The summed E-state index contributed by atoms with van der Waals surface area (Å²) in [5, 5.41) is 3.76. The van der Waals surface area contributed by atoms with Crippen LogP contribution < -0.4 is 10.5 Å². The minimum Gasteiger partial charge on any atom is -0.496 e. The molecule has 5 nitrogen and oxygen atoms in total. The number of nitrogens with zero attached hydrogens (tertiary/aromatic N) is 1. The van der Waals surface area contributed by atoms with Crippen molar-refractivity contribution in [2.45, 2.75) is 0 Å². The van der Waals surface area contributed by atoms with Crippen LogP contribution in [-0.4, -0.2) is 18.2 Å². The highest BCUT2D eigenvalue weighted by molar-refractivity contribution is 5.91. The number of ether oxygens (including phenoxy) is 1. The molecule has 2 aromatic rings. The quantitative estimate of drug-likeness (QED) is 0.845. The first kappa shape index (κ1) is 10.2. The molecule has 0 atom stereocenters. The van der Waals surface area contributed by atoms with Gasteiger partial charge in [0.1, 0.15) is 11.4 Å². The van der Waals surface area contributed by atoms with Gasteiger partial charge in [-0.05, 0) is 12.1 Å². The molecule has 0 aliphatic carbocycles. The number of primary amides is 1. The summed E-state index contributed by atoms with van der Waals surface area (Å²) in [6.07, 6.45) is 0. The zero-order valence-corrected chi connectivity index (χ0v) is 8.64. The molecule has 0 saturated carbocycles. The number of para-hydroxylation sites is 1. The van der Waals surface area contributed by atoms with E-state index in [4.69, 9.17) is 15.0 Å². The van der Waals surface area contributed by atoms with E-state index in [-0.39, 0.29) is 5.76 Å². The van der Waals surface area contributed by atoms with E-state index in [1.807, 2.05) is 18.2 Å². The Kier molecular flexibility index (Phi) is 2.59.